The number of halogens is 2. The van der Waals surface area contributed by atoms with Gasteiger partial charge in [-0.05, 0) is 54.2 Å². The monoisotopic (exact) mass is 398 g/mol. The number of rotatable bonds is 2. The number of nitrogens with one attached hydrogen (secondary N) is 1. The molecule has 0 unspecified atom stereocenters. The van der Waals surface area contributed by atoms with Crippen molar-refractivity contribution in [2.75, 3.05) is 5.32 Å². The summed E-state index contributed by atoms with van der Waals surface area (Å²) in [7, 11) is -3.79. The maximum absolute atomic E-state index is 12.7. The molecule has 0 saturated heterocycles. The minimum atomic E-state index is -3.79. The minimum Gasteiger partial charge on any atom is -0.323 e. The Morgan fingerprint density at radius 2 is 1.75 bits per heavy atom. The van der Waals surface area contributed by atoms with E-state index < -0.39 is 10.0 Å². The highest BCUT2D eigenvalue weighted by Gasteiger charge is 2.32. The third kappa shape index (κ3) is 2.65. The molecule has 0 atom stereocenters. The van der Waals surface area contributed by atoms with Gasteiger partial charge in [0.1, 0.15) is 4.90 Å². The second kappa shape index (κ2) is 5.66. The van der Waals surface area contributed by atoms with Crippen LogP contribution in [0.25, 0.3) is 0 Å². The van der Waals surface area contributed by atoms with Gasteiger partial charge < -0.3 is 5.32 Å². The van der Waals surface area contributed by atoms with Gasteiger partial charge in [0.2, 0.25) is 11.1 Å². The molecule has 1 aromatic heterocycles. The van der Waals surface area contributed by atoms with Crippen LogP contribution in [0.15, 0.2) is 57.4 Å². The lowest BCUT2D eigenvalue weighted by molar-refractivity contribution is 0.568. The van der Waals surface area contributed by atoms with Crippen LogP contribution < -0.4 is 5.32 Å². The van der Waals surface area contributed by atoms with Crippen molar-refractivity contribution in [2.24, 2.45) is 0 Å². The zero-order valence-corrected chi connectivity index (χ0v) is 14.9. The van der Waals surface area contributed by atoms with Gasteiger partial charge in [0, 0.05) is 20.6 Å². The highest BCUT2D eigenvalue weighted by molar-refractivity contribution is 8.01. The first-order chi connectivity index (χ1) is 11.4. The van der Waals surface area contributed by atoms with Crippen molar-refractivity contribution in [1.82, 2.24) is 14.2 Å². The van der Waals surface area contributed by atoms with Crippen molar-refractivity contribution in [2.45, 2.75) is 14.9 Å². The zero-order valence-electron chi connectivity index (χ0n) is 11.8. The van der Waals surface area contributed by atoms with Crippen molar-refractivity contribution in [1.29, 1.82) is 0 Å². The summed E-state index contributed by atoms with van der Waals surface area (Å²) in [5.74, 6) is 0.183. The van der Waals surface area contributed by atoms with E-state index in [9.17, 15) is 8.42 Å². The van der Waals surface area contributed by atoms with E-state index in [1.54, 1.807) is 30.3 Å². The molecule has 0 amide bonds. The van der Waals surface area contributed by atoms with Gasteiger partial charge >= 0.3 is 0 Å². The van der Waals surface area contributed by atoms with Gasteiger partial charge in [-0.1, -0.05) is 23.2 Å². The lowest BCUT2D eigenvalue weighted by Crippen LogP contribution is -2.19. The standard InChI is InChI=1S/C14H8Cl2N4O2S2/c15-8-1-4-10(5-2-8)17-13-18-14-20(19-13)24(21,22)12-6-3-9(16)7-11(12)23-14/h1-7H,(H,17,19). The Morgan fingerprint density at radius 1 is 1.04 bits per heavy atom. The van der Waals surface area contributed by atoms with Crippen LogP contribution in [0.3, 0.4) is 0 Å². The Morgan fingerprint density at radius 3 is 2.50 bits per heavy atom. The molecule has 3 aromatic rings. The molecular formula is C14H8Cl2N4O2S2. The number of benzene rings is 2. The quantitative estimate of drug-likeness (QED) is 0.549. The average Bonchev–Trinajstić information content (AvgIpc) is 2.93. The number of anilines is 2. The van der Waals surface area contributed by atoms with Crippen LogP contribution in [-0.4, -0.2) is 22.6 Å². The van der Waals surface area contributed by atoms with Gasteiger partial charge in [-0.25, -0.2) is 0 Å². The Labute approximate surface area is 151 Å². The predicted octanol–water partition coefficient (Wildman–Crippen LogP) is 4.03. The zero-order chi connectivity index (χ0) is 16.9. The molecule has 0 spiro atoms. The summed E-state index contributed by atoms with van der Waals surface area (Å²) in [5, 5.41) is 8.33. The second-order valence-corrected chi connectivity index (χ2v) is 8.51. The molecule has 0 bridgehead atoms. The summed E-state index contributed by atoms with van der Waals surface area (Å²) in [4.78, 5) is 4.93. The van der Waals surface area contributed by atoms with Crippen molar-refractivity contribution >= 4 is 56.6 Å². The van der Waals surface area contributed by atoms with Crippen molar-refractivity contribution in [3.8, 4) is 0 Å². The fraction of sp³-hybridized carbons (Fsp3) is 0. The summed E-state index contributed by atoms with van der Waals surface area (Å²) in [6.45, 7) is 0. The lowest BCUT2D eigenvalue weighted by atomic mass is 10.3. The molecule has 0 radical (unpaired) electrons. The molecule has 6 nitrogen and oxygen atoms in total. The van der Waals surface area contributed by atoms with Gasteiger partial charge in [0.25, 0.3) is 10.0 Å². The average molecular weight is 399 g/mol. The van der Waals surface area contributed by atoms with E-state index in [-0.39, 0.29) is 16.0 Å². The molecule has 10 heteroatoms. The smallest absolute Gasteiger partial charge is 0.286 e. The molecule has 122 valence electrons. The highest BCUT2D eigenvalue weighted by Crippen LogP contribution is 2.40. The topological polar surface area (TPSA) is 76.9 Å². The highest BCUT2D eigenvalue weighted by atomic mass is 35.5. The van der Waals surface area contributed by atoms with E-state index in [0.717, 1.165) is 4.09 Å². The maximum Gasteiger partial charge on any atom is 0.286 e. The SMILES string of the molecule is O=S1(=O)c2ccc(Cl)cc2Sc2nc(Nc3ccc(Cl)cc3)nn21. The van der Waals surface area contributed by atoms with Crippen LogP contribution in [0.1, 0.15) is 0 Å². The Hall–Kier alpha value is -1.74. The Bertz CT molecular complexity index is 1050. The van der Waals surface area contributed by atoms with Crippen LogP contribution in [0, 0.1) is 0 Å². The number of fused-ring (bicyclic) bond motifs is 2. The fourth-order valence-corrected chi connectivity index (χ4v) is 5.37. The summed E-state index contributed by atoms with van der Waals surface area (Å²) >= 11 is 13.0. The molecule has 0 aliphatic carbocycles. The van der Waals surface area contributed by atoms with Gasteiger partial charge in [-0.3, -0.25) is 0 Å². The van der Waals surface area contributed by atoms with Crippen molar-refractivity contribution in [3.05, 3.63) is 52.5 Å². The third-order valence-electron chi connectivity index (χ3n) is 3.26. The molecular weight excluding hydrogens is 391 g/mol. The van der Waals surface area contributed by atoms with Gasteiger partial charge in [0.15, 0.2) is 0 Å². The van der Waals surface area contributed by atoms with Crippen LogP contribution in [0.2, 0.25) is 10.0 Å². The normalized spacial score (nSPS) is 14.8. The van der Waals surface area contributed by atoms with Gasteiger partial charge in [-0.2, -0.15) is 13.4 Å². The van der Waals surface area contributed by atoms with E-state index in [0.29, 0.717) is 20.6 Å². The number of hydrogen-bond acceptors (Lipinski definition) is 6. The third-order valence-corrected chi connectivity index (χ3v) is 6.62. The summed E-state index contributed by atoms with van der Waals surface area (Å²) in [5.41, 5.74) is 0.699. The minimum absolute atomic E-state index is 0.160. The Kier molecular flexibility index (Phi) is 3.72. The molecule has 2 heterocycles. The fourth-order valence-electron chi connectivity index (χ4n) is 2.18. The molecule has 1 aliphatic heterocycles. The summed E-state index contributed by atoms with van der Waals surface area (Å²) in [6, 6.07) is 11.5. The van der Waals surface area contributed by atoms with E-state index in [2.05, 4.69) is 15.4 Å². The Balaban J connectivity index is 1.74. The van der Waals surface area contributed by atoms with Crippen LogP contribution in [0.5, 0.6) is 0 Å². The first-order valence-corrected chi connectivity index (χ1v) is 9.67. The molecule has 0 saturated carbocycles. The number of aromatic nitrogens is 3. The predicted molar refractivity (Wildman–Crippen MR) is 92.9 cm³/mol. The maximum atomic E-state index is 12.7. The molecule has 4 rings (SSSR count). The summed E-state index contributed by atoms with van der Waals surface area (Å²) in [6.07, 6.45) is 0. The van der Waals surface area contributed by atoms with Crippen molar-refractivity contribution < 1.29 is 8.42 Å². The first-order valence-electron chi connectivity index (χ1n) is 6.66. The first kappa shape index (κ1) is 15.8. The van der Waals surface area contributed by atoms with Crippen molar-refractivity contribution in [3.63, 3.8) is 0 Å². The van der Waals surface area contributed by atoms with Gasteiger partial charge in [0.05, 0.1) is 0 Å². The molecule has 1 aliphatic rings. The number of nitrogens with zero attached hydrogens (tertiary/aromatic N) is 3. The molecule has 24 heavy (non-hydrogen) atoms. The number of hydrogen-bond donors (Lipinski definition) is 1. The second-order valence-electron chi connectivity index (χ2n) is 4.89. The summed E-state index contributed by atoms with van der Waals surface area (Å²) < 4.78 is 26.3. The van der Waals surface area contributed by atoms with E-state index in [4.69, 9.17) is 23.2 Å². The van der Waals surface area contributed by atoms with E-state index in [1.807, 2.05) is 0 Å². The lowest BCUT2D eigenvalue weighted by Gasteiger charge is -2.15. The van der Waals surface area contributed by atoms with E-state index in [1.165, 1.54) is 23.9 Å². The molecule has 0 fully saturated rings. The largest absolute Gasteiger partial charge is 0.323 e. The molecule has 1 N–H and O–H groups in total. The van der Waals surface area contributed by atoms with Crippen LogP contribution >= 0.6 is 35.0 Å². The van der Waals surface area contributed by atoms with Gasteiger partial charge in [-0.15, -0.1) is 9.19 Å². The van der Waals surface area contributed by atoms with Crippen LogP contribution in [0.4, 0.5) is 11.6 Å². The van der Waals surface area contributed by atoms with Crippen LogP contribution in [-0.2, 0) is 10.0 Å². The van der Waals surface area contributed by atoms with E-state index >= 15 is 0 Å². The molecule has 2 aromatic carbocycles.